The third-order valence-electron chi connectivity index (χ3n) is 5.54. The van der Waals surface area contributed by atoms with Gasteiger partial charge in [-0.1, -0.05) is 22.9 Å². The van der Waals surface area contributed by atoms with E-state index >= 15 is 0 Å². The molecule has 11 heteroatoms. The molecule has 1 aromatic heterocycles. The van der Waals surface area contributed by atoms with Crippen molar-refractivity contribution in [2.45, 2.75) is 24.8 Å². The number of hydrazine groups is 1. The summed E-state index contributed by atoms with van der Waals surface area (Å²) in [5, 5.41) is 10.4. The molecule has 0 radical (unpaired) electrons. The van der Waals surface area contributed by atoms with Gasteiger partial charge >= 0.3 is 6.09 Å². The second-order valence-corrected chi connectivity index (χ2v) is 10.3. The predicted octanol–water partition coefficient (Wildman–Crippen LogP) is 4.50. The van der Waals surface area contributed by atoms with Crippen molar-refractivity contribution in [3.8, 4) is 5.06 Å². The van der Waals surface area contributed by atoms with E-state index < -0.39 is 11.6 Å². The van der Waals surface area contributed by atoms with E-state index in [1.54, 1.807) is 12.1 Å². The van der Waals surface area contributed by atoms with Gasteiger partial charge in [0.25, 0.3) is 5.91 Å². The van der Waals surface area contributed by atoms with Crippen molar-refractivity contribution in [2.24, 2.45) is 0 Å². The molecule has 2 saturated heterocycles. The fraction of sp³-hybridized carbons (Fsp3) is 0.429. The van der Waals surface area contributed by atoms with Gasteiger partial charge in [0.05, 0.1) is 16.6 Å². The summed E-state index contributed by atoms with van der Waals surface area (Å²) in [5.74, 6) is -0.356. The molecule has 2 aliphatic heterocycles. The van der Waals surface area contributed by atoms with E-state index in [-0.39, 0.29) is 12.5 Å². The van der Waals surface area contributed by atoms with Crippen molar-refractivity contribution in [3.05, 3.63) is 39.1 Å². The van der Waals surface area contributed by atoms with Crippen molar-refractivity contribution < 1.29 is 19.1 Å². The Balaban J connectivity index is 1.44. The number of carbonyl (C=O) groups is 2. The highest BCUT2D eigenvalue weighted by atomic mass is 79.9. The van der Waals surface area contributed by atoms with Crippen molar-refractivity contribution in [1.82, 2.24) is 10.3 Å². The van der Waals surface area contributed by atoms with E-state index in [9.17, 15) is 9.59 Å². The molecule has 2 aliphatic rings. The molecule has 8 nitrogen and oxygen atoms in total. The average Bonchev–Trinajstić information content (AvgIpc) is 3.38. The molecule has 0 spiro atoms. The number of carbonyl (C=O) groups excluding carboxylic acids is 2. The number of ether oxygens (including phenoxy) is 2. The SMILES string of the molecule is CN1CCCCN1c1ccc(NC(=O)C2(NC(=O)Oc3ccc(Cl)s3)CCOC2)cc1Br. The summed E-state index contributed by atoms with van der Waals surface area (Å²) in [5.41, 5.74) is 0.452. The van der Waals surface area contributed by atoms with Crippen molar-refractivity contribution in [3.63, 3.8) is 0 Å². The molecule has 2 fully saturated rings. The maximum Gasteiger partial charge on any atom is 0.414 e. The molecule has 3 heterocycles. The average molecular weight is 544 g/mol. The zero-order chi connectivity index (χ0) is 22.7. The summed E-state index contributed by atoms with van der Waals surface area (Å²) in [6.45, 7) is 2.38. The van der Waals surface area contributed by atoms with Gasteiger partial charge in [-0.2, -0.15) is 0 Å². The molecule has 0 aliphatic carbocycles. The lowest BCUT2D eigenvalue weighted by Crippen LogP contribution is -2.58. The van der Waals surface area contributed by atoms with Gasteiger partial charge in [0.15, 0.2) is 5.06 Å². The summed E-state index contributed by atoms with van der Waals surface area (Å²) < 4.78 is 12.1. The third kappa shape index (κ3) is 5.20. The fourth-order valence-corrected chi connectivity index (χ4v) is 5.26. The van der Waals surface area contributed by atoms with Gasteiger partial charge in [0.2, 0.25) is 0 Å². The Labute approximate surface area is 203 Å². The number of nitrogens with one attached hydrogen (secondary N) is 2. The first-order valence-corrected chi connectivity index (χ1v) is 12.3. The van der Waals surface area contributed by atoms with E-state index in [1.165, 1.54) is 6.42 Å². The number of anilines is 2. The van der Waals surface area contributed by atoms with Crippen molar-refractivity contribution in [1.29, 1.82) is 0 Å². The van der Waals surface area contributed by atoms with Gasteiger partial charge in [0.1, 0.15) is 5.54 Å². The topological polar surface area (TPSA) is 83.1 Å². The molecule has 32 heavy (non-hydrogen) atoms. The van der Waals surface area contributed by atoms with Crippen LogP contribution in [0.25, 0.3) is 0 Å². The van der Waals surface area contributed by atoms with E-state index in [1.807, 2.05) is 18.2 Å². The zero-order valence-electron chi connectivity index (χ0n) is 17.5. The summed E-state index contributed by atoms with van der Waals surface area (Å²) >= 11 is 10.6. The summed E-state index contributed by atoms with van der Waals surface area (Å²) in [4.78, 5) is 25.6. The Hall–Kier alpha value is -1.85. The minimum absolute atomic E-state index is 0.0664. The van der Waals surface area contributed by atoms with Crippen molar-refractivity contribution in [2.75, 3.05) is 43.7 Å². The molecule has 2 aromatic rings. The van der Waals surface area contributed by atoms with Crippen LogP contribution >= 0.6 is 38.9 Å². The minimum atomic E-state index is -1.21. The van der Waals surface area contributed by atoms with E-state index in [2.05, 4.69) is 43.6 Å². The minimum Gasteiger partial charge on any atom is -0.399 e. The van der Waals surface area contributed by atoms with Crippen LogP contribution in [0.5, 0.6) is 5.06 Å². The maximum atomic E-state index is 13.2. The summed E-state index contributed by atoms with van der Waals surface area (Å²) in [6, 6.07) is 8.94. The molecule has 2 N–H and O–H groups in total. The first-order chi connectivity index (χ1) is 15.4. The second-order valence-electron chi connectivity index (χ2n) is 7.79. The quantitative estimate of drug-likeness (QED) is 0.578. The fourth-order valence-electron chi connectivity index (χ4n) is 3.81. The molecule has 4 rings (SSSR count). The Kier molecular flexibility index (Phi) is 7.26. The number of rotatable bonds is 5. The van der Waals surface area contributed by atoms with Crippen molar-refractivity contribution >= 4 is 62.2 Å². The van der Waals surface area contributed by atoms with Gasteiger partial charge in [-0.05, 0) is 59.1 Å². The highest BCUT2D eigenvalue weighted by molar-refractivity contribution is 9.10. The van der Waals surface area contributed by atoms with Crippen LogP contribution in [-0.2, 0) is 9.53 Å². The van der Waals surface area contributed by atoms with Crippen LogP contribution in [0.2, 0.25) is 4.34 Å². The molecule has 0 bridgehead atoms. The summed E-state index contributed by atoms with van der Waals surface area (Å²) in [7, 11) is 2.07. The molecule has 172 valence electrons. The standard InChI is InChI=1S/C21H24BrClN4O4S/c1-26-9-2-3-10-27(26)16-5-4-14(12-15(16)22)24-19(28)21(8-11-30-13-21)25-20(29)31-18-7-6-17(23)32-18/h4-7,12H,2-3,8-11,13H2,1H3,(H,24,28)(H,25,29). The number of halogens is 2. The van der Waals surface area contributed by atoms with E-state index in [0.29, 0.717) is 28.1 Å². The lowest BCUT2D eigenvalue weighted by atomic mass is 9.97. The van der Waals surface area contributed by atoms with Crippen LogP contribution < -0.4 is 20.4 Å². The van der Waals surface area contributed by atoms with Crippen LogP contribution in [0.1, 0.15) is 19.3 Å². The molecular weight excluding hydrogens is 520 g/mol. The number of amides is 2. The van der Waals surface area contributed by atoms with E-state index in [4.69, 9.17) is 21.1 Å². The van der Waals surface area contributed by atoms with Gasteiger partial charge in [-0.15, -0.1) is 0 Å². The van der Waals surface area contributed by atoms with Crippen LogP contribution in [0.3, 0.4) is 0 Å². The molecule has 0 saturated carbocycles. The Bertz CT molecular complexity index is 998. The molecule has 1 aromatic carbocycles. The molecular formula is C21H24BrClN4O4S. The first kappa shape index (κ1) is 23.3. The van der Waals surface area contributed by atoms with Crippen LogP contribution in [0, 0.1) is 0 Å². The Morgan fingerprint density at radius 3 is 2.72 bits per heavy atom. The Morgan fingerprint density at radius 1 is 1.25 bits per heavy atom. The summed E-state index contributed by atoms with van der Waals surface area (Å²) in [6.07, 6.45) is 1.93. The maximum absolute atomic E-state index is 13.2. The number of thiophene rings is 1. The largest absolute Gasteiger partial charge is 0.414 e. The Morgan fingerprint density at radius 2 is 2.06 bits per heavy atom. The van der Waals surface area contributed by atoms with E-state index in [0.717, 1.165) is 41.0 Å². The lowest BCUT2D eigenvalue weighted by Gasteiger charge is -2.38. The van der Waals surface area contributed by atoms with Gasteiger partial charge in [-0.3, -0.25) is 4.79 Å². The van der Waals surface area contributed by atoms with Crippen LogP contribution in [-0.4, -0.2) is 55.9 Å². The predicted molar refractivity (Wildman–Crippen MR) is 129 cm³/mol. The first-order valence-electron chi connectivity index (χ1n) is 10.3. The number of nitrogens with zero attached hydrogens (tertiary/aromatic N) is 2. The smallest absolute Gasteiger partial charge is 0.399 e. The normalized spacial score (nSPS) is 21.4. The number of hydrogen-bond donors (Lipinski definition) is 2. The van der Waals surface area contributed by atoms with Crippen LogP contribution in [0.15, 0.2) is 34.8 Å². The highest BCUT2D eigenvalue weighted by Gasteiger charge is 2.44. The van der Waals surface area contributed by atoms with Gasteiger partial charge < -0.3 is 25.1 Å². The van der Waals surface area contributed by atoms with Gasteiger partial charge in [-0.25, -0.2) is 9.80 Å². The zero-order valence-corrected chi connectivity index (χ0v) is 20.7. The van der Waals surface area contributed by atoms with Crippen LogP contribution in [0.4, 0.5) is 16.2 Å². The van der Waals surface area contributed by atoms with Gasteiger partial charge in [0, 0.05) is 43.3 Å². The number of hydrogen-bond acceptors (Lipinski definition) is 7. The molecule has 1 unspecified atom stereocenters. The monoisotopic (exact) mass is 542 g/mol. The third-order valence-corrected chi connectivity index (χ3v) is 7.28. The molecule has 2 amide bonds. The molecule has 1 atom stereocenters. The highest BCUT2D eigenvalue weighted by Crippen LogP contribution is 2.32. The number of benzene rings is 1. The lowest BCUT2D eigenvalue weighted by molar-refractivity contribution is -0.122. The second kappa shape index (κ2) is 9.96.